The number of carbonyl (C=O) groups is 1. The third-order valence-electron chi connectivity index (χ3n) is 4.55. The van der Waals surface area contributed by atoms with Crippen LogP contribution in [0.5, 0.6) is 11.8 Å². The third kappa shape index (κ3) is 4.88. The van der Waals surface area contributed by atoms with Crippen LogP contribution < -0.4 is 14.8 Å². The van der Waals surface area contributed by atoms with Gasteiger partial charge in [0.15, 0.2) is 5.16 Å². The molecule has 0 bridgehead atoms. The molecule has 0 unspecified atom stereocenters. The first-order valence-electron chi connectivity index (χ1n) is 9.53. The predicted molar refractivity (Wildman–Crippen MR) is 112 cm³/mol. The van der Waals surface area contributed by atoms with Crippen LogP contribution in [0.1, 0.15) is 30.1 Å². The average Bonchev–Trinajstić information content (AvgIpc) is 3.54. The molecule has 1 amide bonds. The summed E-state index contributed by atoms with van der Waals surface area (Å²) in [5.74, 6) is 2.09. The maximum absolute atomic E-state index is 12.5. The molecule has 0 spiro atoms. The Morgan fingerprint density at radius 2 is 1.83 bits per heavy atom. The van der Waals surface area contributed by atoms with E-state index < -0.39 is 0 Å². The van der Waals surface area contributed by atoms with Crippen LogP contribution in [0, 0.1) is 0 Å². The number of carbonyl (C=O) groups excluding carboxylic acids is 1. The number of nitrogens with zero attached hydrogens (tertiary/aromatic N) is 5. The lowest BCUT2D eigenvalue weighted by Gasteiger charge is -2.10. The Hall–Kier alpha value is -3.14. The predicted octanol–water partition coefficient (Wildman–Crippen LogP) is 2.74. The molecule has 10 heteroatoms. The summed E-state index contributed by atoms with van der Waals surface area (Å²) in [7, 11) is 2.97. The van der Waals surface area contributed by atoms with E-state index >= 15 is 0 Å². The smallest absolute Gasteiger partial charge is 0.237 e. The quantitative estimate of drug-likeness (QED) is 0.521. The topological polar surface area (TPSA) is 104 Å². The van der Waals surface area contributed by atoms with E-state index in [-0.39, 0.29) is 17.6 Å². The Kier molecular flexibility index (Phi) is 6.12. The molecule has 4 rings (SSSR count). The van der Waals surface area contributed by atoms with Crippen LogP contribution in [0.25, 0.3) is 0 Å². The van der Waals surface area contributed by atoms with Crippen molar-refractivity contribution in [1.82, 2.24) is 24.7 Å². The molecular formula is C20H22N6O3S. The number of aromatic nitrogens is 5. The van der Waals surface area contributed by atoms with E-state index in [0.29, 0.717) is 24.2 Å². The molecule has 1 N–H and O–H groups in total. The summed E-state index contributed by atoms with van der Waals surface area (Å²) in [5, 5.41) is 12.1. The standard InChI is InChI=1S/C20H22N6O3S/c1-28-16-10-17(29-2)23-19(22-16)21-15(27)12-30-20-25-24-18(14-8-9-14)26(20)11-13-6-4-3-5-7-13/h3-7,10,14H,8-9,11-12H2,1-2H3,(H,21,22,23,27). The summed E-state index contributed by atoms with van der Waals surface area (Å²) >= 11 is 1.34. The van der Waals surface area contributed by atoms with Gasteiger partial charge in [0, 0.05) is 5.92 Å². The maximum Gasteiger partial charge on any atom is 0.237 e. The summed E-state index contributed by atoms with van der Waals surface area (Å²) in [6.07, 6.45) is 2.26. The number of thioether (sulfide) groups is 1. The average molecular weight is 427 g/mol. The molecule has 2 heterocycles. The van der Waals surface area contributed by atoms with Gasteiger partial charge in [0.2, 0.25) is 23.6 Å². The fraction of sp³-hybridized carbons (Fsp3) is 0.350. The second kappa shape index (κ2) is 9.12. The first-order valence-corrected chi connectivity index (χ1v) is 10.5. The van der Waals surface area contributed by atoms with Gasteiger partial charge in [-0.2, -0.15) is 9.97 Å². The number of benzene rings is 1. The molecule has 1 fully saturated rings. The first kappa shape index (κ1) is 20.1. The van der Waals surface area contributed by atoms with Crippen molar-refractivity contribution in [2.75, 3.05) is 25.3 Å². The largest absolute Gasteiger partial charge is 0.481 e. The molecule has 30 heavy (non-hydrogen) atoms. The first-order chi connectivity index (χ1) is 14.7. The molecule has 1 saturated carbocycles. The van der Waals surface area contributed by atoms with E-state index in [4.69, 9.17) is 9.47 Å². The zero-order valence-electron chi connectivity index (χ0n) is 16.7. The summed E-state index contributed by atoms with van der Waals surface area (Å²) in [4.78, 5) is 20.7. The maximum atomic E-state index is 12.5. The van der Waals surface area contributed by atoms with Gasteiger partial charge in [-0.15, -0.1) is 10.2 Å². The minimum atomic E-state index is -0.252. The zero-order valence-corrected chi connectivity index (χ0v) is 17.6. The van der Waals surface area contributed by atoms with Crippen molar-refractivity contribution in [2.45, 2.75) is 30.5 Å². The van der Waals surface area contributed by atoms with Crippen LogP contribution in [-0.2, 0) is 11.3 Å². The van der Waals surface area contributed by atoms with Crippen LogP contribution in [0.2, 0.25) is 0 Å². The third-order valence-corrected chi connectivity index (χ3v) is 5.52. The Morgan fingerprint density at radius 1 is 1.13 bits per heavy atom. The molecule has 3 aromatic rings. The number of hydrogen-bond donors (Lipinski definition) is 1. The zero-order chi connectivity index (χ0) is 20.9. The van der Waals surface area contributed by atoms with Crippen LogP contribution in [0.3, 0.4) is 0 Å². The fourth-order valence-electron chi connectivity index (χ4n) is 2.92. The van der Waals surface area contributed by atoms with Gasteiger partial charge in [0.1, 0.15) is 5.82 Å². The number of amides is 1. The lowest BCUT2D eigenvalue weighted by Crippen LogP contribution is -2.17. The SMILES string of the molecule is COc1cc(OC)nc(NC(=O)CSc2nnc(C3CC3)n2Cc2ccccc2)n1. The normalized spacial score (nSPS) is 13.1. The lowest BCUT2D eigenvalue weighted by atomic mass is 10.2. The lowest BCUT2D eigenvalue weighted by molar-refractivity contribution is -0.113. The van der Waals surface area contributed by atoms with Crippen molar-refractivity contribution >= 4 is 23.6 Å². The van der Waals surface area contributed by atoms with Gasteiger partial charge in [0.05, 0.1) is 32.6 Å². The number of nitrogens with one attached hydrogen (secondary N) is 1. The van der Waals surface area contributed by atoms with Gasteiger partial charge >= 0.3 is 0 Å². The van der Waals surface area contributed by atoms with Crippen molar-refractivity contribution in [3.05, 3.63) is 47.8 Å². The van der Waals surface area contributed by atoms with Gasteiger partial charge in [-0.3, -0.25) is 10.1 Å². The number of methoxy groups -OCH3 is 2. The summed E-state index contributed by atoms with van der Waals surface area (Å²) in [6, 6.07) is 11.7. The van der Waals surface area contributed by atoms with Crippen molar-refractivity contribution in [3.8, 4) is 11.8 Å². The Labute approximate surface area is 178 Å². The van der Waals surface area contributed by atoms with E-state index in [2.05, 4.69) is 42.2 Å². The number of ether oxygens (including phenoxy) is 2. The van der Waals surface area contributed by atoms with E-state index in [0.717, 1.165) is 23.8 Å². The van der Waals surface area contributed by atoms with Gasteiger partial charge < -0.3 is 14.0 Å². The molecule has 0 aliphatic heterocycles. The molecule has 1 aliphatic rings. The van der Waals surface area contributed by atoms with Crippen LogP contribution in [0.15, 0.2) is 41.6 Å². The van der Waals surface area contributed by atoms with E-state index in [9.17, 15) is 4.79 Å². The number of rotatable bonds is 9. The van der Waals surface area contributed by atoms with E-state index in [1.807, 2.05) is 18.2 Å². The van der Waals surface area contributed by atoms with Crippen LogP contribution in [0.4, 0.5) is 5.95 Å². The molecule has 2 aromatic heterocycles. The molecule has 1 aliphatic carbocycles. The van der Waals surface area contributed by atoms with Gasteiger partial charge in [0.25, 0.3) is 0 Å². The summed E-state index contributed by atoms with van der Waals surface area (Å²) in [5.41, 5.74) is 1.17. The number of hydrogen-bond acceptors (Lipinski definition) is 8. The van der Waals surface area contributed by atoms with Crippen LogP contribution >= 0.6 is 11.8 Å². The van der Waals surface area contributed by atoms with Crippen molar-refractivity contribution in [2.24, 2.45) is 0 Å². The highest BCUT2D eigenvalue weighted by Crippen LogP contribution is 2.40. The van der Waals surface area contributed by atoms with Gasteiger partial charge in [-0.1, -0.05) is 42.1 Å². The van der Waals surface area contributed by atoms with Crippen LogP contribution in [-0.4, -0.2) is 50.6 Å². The second-order valence-corrected chi connectivity index (χ2v) is 7.74. The van der Waals surface area contributed by atoms with Crippen molar-refractivity contribution in [1.29, 1.82) is 0 Å². The second-order valence-electron chi connectivity index (χ2n) is 6.80. The number of anilines is 1. The highest BCUT2D eigenvalue weighted by molar-refractivity contribution is 7.99. The monoisotopic (exact) mass is 426 g/mol. The minimum Gasteiger partial charge on any atom is -0.481 e. The Balaban J connectivity index is 1.44. The van der Waals surface area contributed by atoms with Crippen molar-refractivity contribution < 1.29 is 14.3 Å². The van der Waals surface area contributed by atoms with Gasteiger partial charge in [-0.25, -0.2) is 0 Å². The molecule has 9 nitrogen and oxygen atoms in total. The minimum absolute atomic E-state index is 0.126. The molecule has 1 aromatic carbocycles. The molecule has 0 saturated heterocycles. The van der Waals surface area contributed by atoms with E-state index in [1.165, 1.54) is 37.6 Å². The van der Waals surface area contributed by atoms with E-state index in [1.54, 1.807) is 0 Å². The highest BCUT2D eigenvalue weighted by atomic mass is 32.2. The molecular weight excluding hydrogens is 404 g/mol. The Morgan fingerprint density at radius 3 is 2.47 bits per heavy atom. The Bertz CT molecular complexity index is 1000. The van der Waals surface area contributed by atoms with Gasteiger partial charge in [-0.05, 0) is 18.4 Å². The van der Waals surface area contributed by atoms with Crippen molar-refractivity contribution in [3.63, 3.8) is 0 Å². The summed E-state index contributed by atoms with van der Waals surface area (Å²) in [6.45, 7) is 0.680. The fourth-order valence-corrected chi connectivity index (χ4v) is 3.67. The molecule has 156 valence electrons. The highest BCUT2D eigenvalue weighted by Gasteiger charge is 2.30. The molecule has 0 radical (unpaired) electrons. The molecule has 0 atom stereocenters. The summed E-state index contributed by atoms with van der Waals surface area (Å²) < 4.78 is 12.3.